The van der Waals surface area contributed by atoms with Crippen molar-refractivity contribution >= 4 is 23.5 Å². The zero-order chi connectivity index (χ0) is 16.2. The lowest BCUT2D eigenvalue weighted by Gasteiger charge is -2.38. The fourth-order valence-electron chi connectivity index (χ4n) is 2.54. The molecule has 0 radical (unpaired) electrons. The molecule has 9 nitrogen and oxygen atoms in total. The van der Waals surface area contributed by atoms with Gasteiger partial charge in [-0.25, -0.2) is 0 Å². The number of ketones is 1. The predicted molar refractivity (Wildman–Crippen MR) is 67.1 cm³/mol. The van der Waals surface area contributed by atoms with Crippen molar-refractivity contribution in [1.29, 1.82) is 0 Å². The molecule has 2 aliphatic rings. The Labute approximate surface area is 122 Å². The minimum Gasteiger partial charge on any atom is -0.367 e. The Balaban J connectivity index is 2.08. The molecule has 3 amide bonds. The number of aliphatic hydroxyl groups excluding tert-OH is 1. The molecule has 3 rings (SSSR count). The van der Waals surface area contributed by atoms with Crippen molar-refractivity contribution < 1.29 is 34.5 Å². The third-order valence-electron chi connectivity index (χ3n) is 3.60. The lowest BCUT2D eigenvalue weighted by Crippen LogP contribution is -2.73. The van der Waals surface area contributed by atoms with Crippen LogP contribution in [0.4, 0.5) is 0 Å². The zero-order valence-electron chi connectivity index (χ0n) is 10.9. The molecule has 1 saturated heterocycles. The van der Waals surface area contributed by atoms with Crippen LogP contribution in [0.3, 0.4) is 0 Å². The summed E-state index contributed by atoms with van der Waals surface area (Å²) in [7, 11) is 0. The van der Waals surface area contributed by atoms with Gasteiger partial charge in [0.25, 0.3) is 23.5 Å². The third-order valence-corrected chi connectivity index (χ3v) is 3.60. The van der Waals surface area contributed by atoms with Gasteiger partial charge in [0, 0.05) is 0 Å². The predicted octanol–water partition coefficient (Wildman–Crippen LogP) is -2.65. The van der Waals surface area contributed by atoms with Crippen LogP contribution in [0.2, 0.25) is 0 Å². The van der Waals surface area contributed by atoms with E-state index in [4.69, 9.17) is 0 Å². The topological polar surface area (TPSA) is 144 Å². The van der Waals surface area contributed by atoms with Gasteiger partial charge in [-0.1, -0.05) is 12.1 Å². The van der Waals surface area contributed by atoms with Crippen LogP contribution >= 0.6 is 0 Å². The summed E-state index contributed by atoms with van der Waals surface area (Å²) in [5.74, 6) is -8.01. The second kappa shape index (κ2) is 4.44. The molecular weight excluding hydrogens is 296 g/mol. The summed E-state index contributed by atoms with van der Waals surface area (Å²) in [6, 6.07) is 3.48. The summed E-state index contributed by atoms with van der Waals surface area (Å²) in [5.41, 5.74) is -0.0376. The monoisotopic (exact) mass is 306 g/mol. The Morgan fingerprint density at radius 1 is 1.00 bits per heavy atom. The summed E-state index contributed by atoms with van der Waals surface area (Å²) in [4.78, 5) is 48.4. The fourth-order valence-corrected chi connectivity index (χ4v) is 2.54. The van der Waals surface area contributed by atoms with E-state index in [1.807, 2.05) is 0 Å². The standard InChI is InChI=1S/C13H10N2O7/c16-8-10(18)14-9(17)7(13(8,21)22)15-11(19)5-3-1-2-4-6(5)12(15)20/h1-4,7,10,18,21-22H,(H,14,17). The number of nitrogens with zero attached hydrogens (tertiary/aromatic N) is 1. The van der Waals surface area contributed by atoms with Gasteiger partial charge in [-0.15, -0.1) is 0 Å². The number of rotatable bonds is 1. The van der Waals surface area contributed by atoms with E-state index in [1.54, 1.807) is 5.32 Å². The highest BCUT2D eigenvalue weighted by molar-refractivity contribution is 6.23. The summed E-state index contributed by atoms with van der Waals surface area (Å²) in [6.07, 6.45) is -2.13. The molecule has 4 N–H and O–H groups in total. The lowest BCUT2D eigenvalue weighted by atomic mass is 9.94. The van der Waals surface area contributed by atoms with Gasteiger partial charge in [0.15, 0.2) is 12.3 Å². The van der Waals surface area contributed by atoms with Gasteiger partial charge in [-0.2, -0.15) is 0 Å². The summed E-state index contributed by atoms with van der Waals surface area (Å²) >= 11 is 0. The maximum Gasteiger partial charge on any atom is 0.262 e. The van der Waals surface area contributed by atoms with E-state index in [-0.39, 0.29) is 11.1 Å². The molecule has 2 heterocycles. The highest BCUT2D eigenvalue weighted by Gasteiger charge is 2.60. The molecule has 2 aliphatic heterocycles. The first-order chi connectivity index (χ1) is 10.3. The van der Waals surface area contributed by atoms with Gasteiger partial charge < -0.3 is 20.6 Å². The molecule has 2 unspecified atom stereocenters. The Bertz CT molecular complexity index is 692. The number of carbonyl (C=O) groups is 4. The van der Waals surface area contributed by atoms with Crippen molar-refractivity contribution in [3.8, 4) is 0 Å². The number of hydrogen-bond donors (Lipinski definition) is 4. The number of piperidine rings is 1. The van der Waals surface area contributed by atoms with Crippen LogP contribution in [-0.2, 0) is 9.59 Å². The molecule has 1 aromatic rings. The van der Waals surface area contributed by atoms with Crippen LogP contribution in [0.1, 0.15) is 20.7 Å². The van der Waals surface area contributed by atoms with Crippen molar-refractivity contribution in [1.82, 2.24) is 10.2 Å². The van der Waals surface area contributed by atoms with Gasteiger partial charge >= 0.3 is 0 Å². The number of imide groups is 1. The molecule has 114 valence electrons. The Morgan fingerprint density at radius 2 is 1.50 bits per heavy atom. The normalized spacial score (nSPS) is 27.0. The Kier molecular flexibility index (Phi) is 2.89. The average molecular weight is 306 g/mol. The van der Waals surface area contributed by atoms with Crippen molar-refractivity contribution in [3.63, 3.8) is 0 Å². The minimum absolute atomic E-state index is 0.0188. The van der Waals surface area contributed by atoms with Crippen LogP contribution in [0, 0.1) is 0 Å². The molecule has 0 bridgehead atoms. The number of fused-ring (bicyclic) bond motifs is 1. The van der Waals surface area contributed by atoms with E-state index in [9.17, 15) is 34.5 Å². The molecule has 0 aliphatic carbocycles. The van der Waals surface area contributed by atoms with Crippen LogP contribution in [-0.4, -0.2) is 61.8 Å². The zero-order valence-corrected chi connectivity index (χ0v) is 10.9. The van der Waals surface area contributed by atoms with E-state index in [0.717, 1.165) is 0 Å². The second-order valence-electron chi connectivity index (χ2n) is 4.93. The fraction of sp³-hybridized carbons (Fsp3) is 0.231. The molecule has 2 atom stereocenters. The Morgan fingerprint density at radius 3 is 2.00 bits per heavy atom. The summed E-state index contributed by atoms with van der Waals surface area (Å²) in [6.45, 7) is 0. The number of benzene rings is 1. The van der Waals surface area contributed by atoms with E-state index >= 15 is 0 Å². The SMILES string of the molecule is O=C1NC(O)C(=O)C(O)(O)C1N1C(=O)c2ccccc2C1=O. The van der Waals surface area contributed by atoms with Gasteiger partial charge in [-0.05, 0) is 12.1 Å². The molecular formula is C13H10N2O7. The summed E-state index contributed by atoms with van der Waals surface area (Å²) in [5, 5.41) is 30.8. The number of nitrogens with one attached hydrogen (secondary N) is 1. The first kappa shape index (κ1) is 14.3. The quantitative estimate of drug-likeness (QED) is 0.327. The average Bonchev–Trinajstić information content (AvgIpc) is 2.71. The van der Waals surface area contributed by atoms with Gasteiger partial charge in [-0.3, -0.25) is 24.1 Å². The van der Waals surface area contributed by atoms with Crippen LogP contribution in [0.25, 0.3) is 0 Å². The number of aliphatic hydroxyl groups is 3. The molecule has 1 aromatic carbocycles. The van der Waals surface area contributed by atoms with Crippen molar-refractivity contribution in [2.45, 2.75) is 18.1 Å². The van der Waals surface area contributed by atoms with E-state index in [1.165, 1.54) is 24.3 Å². The van der Waals surface area contributed by atoms with Gasteiger partial charge in [0.05, 0.1) is 11.1 Å². The van der Waals surface area contributed by atoms with Gasteiger partial charge in [0.1, 0.15) is 0 Å². The second-order valence-corrected chi connectivity index (χ2v) is 4.93. The maximum absolute atomic E-state index is 12.3. The van der Waals surface area contributed by atoms with E-state index in [2.05, 4.69) is 0 Å². The van der Waals surface area contributed by atoms with Gasteiger partial charge in [0.2, 0.25) is 5.78 Å². The molecule has 9 heteroatoms. The van der Waals surface area contributed by atoms with Crippen molar-refractivity contribution in [3.05, 3.63) is 35.4 Å². The van der Waals surface area contributed by atoms with E-state index < -0.39 is 41.6 Å². The number of amides is 3. The minimum atomic E-state index is -3.38. The van der Waals surface area contributed by atoms with Crippen molar-refractivity contribution in [2.24, 2.45) is 0 Å². The Hall–Kier alpha value is -2.62. The molecule has 22 heavy (non-hydrogen) atoms. The molecule has 0 aromatic heterocycles. The molecule has 1 fully saturated rings. The summed E-state index contributed by atoms with van der Waals surface area (Å²) < 4.78 is 0. The molecule has 0 saturated carbocycles. The van der Waals surface area contributed by atoms with E-state index in [0.29, 0.717) is 4.90 Å². The lowest BCUT2D eigenvalue weighted by molar-refractivity contribution is -0.217. The first-order valence-corrected chi connectivity index (χ1v) is 6.21. The number of hydrogen-bond acceptors (Lipinski definition) is 7. The number of carbonyl (C=O) groups excluding carboxylic acids is 4. The number of Topliss-reactive ketones (excluding diaryl/α,β-unsaturated/α-hetero) is 1. The van der Waals surface area contributed by atoms with Crippen LogP contribution in [0.5, 0.6) is 0 Å². The first-order valence-electron chi connectivity index (χ1n) is 6.21. The highest BCUT2D eigenvalue weighted by atomic mass is 16.5. The van der Waals surface area contributed by atoms with Crippen LogP contribution < -0.4 is 5.32 Å². The molecule has 0 spiro atoms. The van der Waals surface area contributed by atoms with Crippen LogP contribution in [0.15, 0.2) is 24.3 Å². The maximum atomic E-state index is 12.3. The smallest absolute Gasteiger partial charge is 0.262 e. The highest BCUT2D eigenvalue weighted by Crippen LogP contribution is 2.30. The van der Waals surface area contributed by atoms with Crippen molar-refractivity contribution in [2.75, 3.05) is 0 Å². The largest absolute Gasteiger partial charge is 0.367 e. The third kappa shape index (κ3) is 1.70.